The number of imide groups is 1. The number of benzene rings is 1. The number of guanidine groups is 1. The van der Waals surface area contributed by atoms with Crippen LogP contribution in [0.15, 0.2) is 41.4 Å². The maximum atomic E-state index is 12.8. The molecule has 2 aliphatic carbocycles. The average Bonchev–Trinajstić information content (AvgIpc) is 3.49. The average molecular weight is 436 g/mol. The van der Waals surface area contributed by atoms with Crippen molar-refractivity contribution in [3.05, 3.63) is 47.5 Å². The Morgan fingerprint density at radius 3 is 2.47 bits per heavy atom. The maximum absolute atomic E-state index is 12.8. The number of amides is 2. The molecule has 4 atom stereocenters. The van der Waals surface area contributed by atoms with Gasteiger partial charge in [-0.3, -0.25) is 24.4 Å². The Morgan fingerprint density at radius 2 is 1.75 bits per heavy atom. The minimum atomic E-state index is -0.117. The number of nitrogens with one attached hydrogen (secondary N) is 2. The molecule has 2 fully saturated rings. The Bertz CT molecular complexity index is 912. The Kier molecular flexibility index (Phi) is 6.00. The smallest absolute Gasteiger partial charge is 0.233 e. The van der Waals surface area contributed by atoms with E-state index in [-0.39, 0.29) is 35.5 Å². The van der Waals surface area contributed by atoms with Crippen LogP contribution in [0.1, 0.15) is 24.5 Å². The summed E-state index contributed by atoms with van der Waals surface area (Å²) in [6, 6.07) is 8.66. The first kappa shape index (κ1) is 21.2. The maximum Gasteiger partial charge on any atom is 0.233 e. The predicted molar refractivity (Wildman–Crippen MR) is 124 cm³/mol. The first-order valence-electron chi connectivity index (χ1n) is 12.0. The molecule has 2 aliphatic heterocycles. The van der Waals surface area contributed by atoms with Crippen molar-refractivity contribution in [2.24, 2.45) is 28.7 Å². The molecular weight excluding hydrogens is 402 g/mol. The molecule has 2 amide bonds. The molecule has 1 saturated heterocycles. The molecule has 7 nitrogen and oxygen atoms in total. The number of hydrogen-bond acceptors (Lipinski definition) is 4. The molecule has 2 heterocycles. The Labute approximate surface area is 189 Å². The number of fused-ring (bicyclic) bond motifs is 6. The van der Waals surface area contributed by atoms with Crippen molar-refractivity contribution in [1.29, 1.82) is 0 Å². The van der Waals surface area contributed by atoms with E-state index in [1.807, 2.05) is 6.92 Å². The van der Waals surface area contributed by atoms with Gasteiger partial charge in [-0.2, -0.15) is 0 Å². The highest BCUT2D eigenvalue weighted by Crippen LogP contribution is 2.52. The predicted octanol–water partition coefficient (Wildman–Crippen LogP) is 1.41. The zero-order valence-corrected chi connectivity index (χ0v) is 18.8. The van der Waals surface area contributed by atoms with Crippen LogP contribution in [0.2, 0.25) is 0 Å². The second kappa shape index (κ2) is 9.06. The van der Waals surface area contributed by atoms with E-state index < -0.39 is 0 Å². The molecule has 32 heavy (non-hydrogen) atoms. The number of aliphatic imine (C=N–C) groups is 1. The first-order valence-corrected chi connectivity index (χ1v) is 12.0. The van der Waals surface area contributed by atoms with Gasteiger partial charge in [0.05, 0.1) is 18.4 Å². The number of nitrogens with zero attached hydrogens (tertiary/aromatic N) is 3. The van der Waals surface area contributed by atoms with Gasteiger partial charge in [-0.05, 0) is 42.7 Å². The van der Waals surface area contributed by atoms with Gasteiger partial charge in [-0.15, -0.1) is 0 Å². The lowest BCUT2D eigenvalue weighted by Gasteiger charge is -2.28. The number of carbonyl (C=O) groups excluding carboxylic acids is 2. The van der Waals surface area contributed by atoms with Crippen molar-refractivity contribution in [3.63, 3.8) is 0 Å². The van der Waals surface area contributed by atoms with Crippen LogP contribution in [0.25, 0.3) is 0 Å². The zero-order valence-electron chi connectivity index (χ0n) is 18.8. The Morgan fingerprint density at radius 1 is 1.03 bits per heavy atom. The summed E-state index contributed by atoms with van der Waals surface area (Å²) in [7, 11) is 0. The van der Waals surface area contributed by atoms with Crippen LogP contribution in [0.4, 0.5) is 0 Å². The summed E-state index contributed by atoms with van der Waals surface area (Å²) in [6.07, 6.45) is 6.33. The van der Waals surface area contributed by atoms with Crippen molar-refractivity contribution in [1.82, 2.24) is 20.4 Å². The largest absolute Gasteiger partial charge is 0.357 e. The summed E-state index contributed by atoms with van der Waals surface area (Å²) < 4.78 is 0. The molecule has 2 N–H and O–H groups in total. The van der Waals surface area contributed by atoms with E-state index in [2.05, 4.69) is 52.0 Å². The van der Waals surface area contributed by atoms with Crippen LogP contribution in [0.5, 0.6) is 0 Å². The van der Waals surface area contributed by atoms with Gasteiger partial charge in [0.15, 0.2) is 5.96 Å². The Hall–Kier alpha value is -2.67. The van der Waals surface area contributed by atoms with Crippen LogP contribution in [0, 0.1) is 23.7 Å². The highest BCUT2D eigenvalue weighted by Gasteiger charge is 2.58. The fourth-order valence-corrected chi connectivity index (χ4v) is 5.86. The van der Waals surface area contributed by atoms with E-state index in [4.69, 9.17) is 4.99 Å². The van der Waals surface area contributed by atoms with Crippen molar-refractivity contribution >= 4 is 17.8 Å². The van der Waals surface area contributed by atoms with E-state index in [1.165, 1.54) is 16.0 Å². The summed E-state index contributed by atoms with van der Waals surface area (Å²) in [5.41, 5.74) is 2.88. The molecule has 170 valence electrons. The number of hydrogen-bond donors (Lipinski definition) is 2. The number of likely N-dealkylation sites (tertiary alicyclic amines) is 1. The lowest BCUT2D eigenvalue weighted by molar-refractivity contribution is -0.140. The summed E-state index contributed by atoms with van der Waals surface area (Å²) in [5, 5.41) is 6.57. The quantitative estimate of drug-likeness (QED) is 0.293. The second-order valence-electron chi connectivity index (χ2n) is 9.31. The van der Waals surface area contributed by atoms with E-state index in [1.54, 1.807) is 0 Å². The fraction of sp³-hybridized carbons (Fsp3) is 0.560. The van der Waals surface area contributed by atoms with Crippen LogP contribution >= 0.6 is 0 Å². The molecule has 0 spiro atoms. The van der Waals surface area contributed by atoms with Gasteiger partial charge in [-0.25, -0.2) is 0 Å². The van der Waals surface area contributed by atoms with Gasteiger partial charge in [-0.1, -0.05) is 36.4 Å². The van der Waals surface area contributed by atoms with Gasteiger partial charge in [0, 0.05) is 39.3 Å². The highest BCUT2D eigenvalue weighted by molar-refractivity contribution is 6.06. The van der Waals surface area contributed by atoms with Gasteiger partial charge >= 0.3 is 0 Å². The molecule has 5 rings (SSSR count). The summed E-state index contributed by atoms with van der Waals surface area (Å²) in [4.78, 5) is 34.3. The monoisotopic (exact) mass is 435 g/mol. The van der Waals surface area contributed by atoms with E-state index >= 15 is 0 Å². The van der Waals surface area contributed by atoms with Crippen molar-refractivity contribution in [2.45, 2.75) is 26.3 Å². The number of rotatable bonds is 7. The molecule has 0 aromatic heterocycles. The van der Waals surface area contributed by atoms with Gasteiger partial charge < -0.3 is 10.6 Å². The molecule has 1 saturated carbocycles. The van der Waals surface area contributed by atoms with Crippen LogP contribution < -0.4 is 10.6 Å². The standard InChI is InChI=1S/C25H33N5O2/c1-2-26-25(27-10-13-29-12-9-17-5-3-4-6-20(17)16-29)28-11-14-30-23(31)21-18-7-8-19(15-18)22(21)24(30)32/h3-8,18-19,21-22H,2,9-16H2,1H3,(H2,26,27,28). The molecule has 4 unspecified atom stereocenters. The van der Waals surface area contributed by atoms with Crippen LogP contribution in [-0.2, 0) is 22.6 Å². The highest BCUT2D eigenvalue weighted by atomic mass is 16.2. The summed E-state index contributed by atoms with van der Waals surface area (Å²) >= 11 is 0. The molecule has 0 radical (unpaired) electrons. The van der Waals surface area contributed by atoms with Crippen molar-refractivity contribution in [3.8, 4) is 0 Å². The minimum absolute atomic E-state index is 0.0194. The first-order chi connectivity index (χ1) is 15.7. The molecular formula is C25H33N5O2. The number of allylic oxidation sites excluding steroid dienone is 2. The molecule has 7 heteroatoms. The number of carbonyl (C=O) groups is 2. The van der Waals surface area contributed by atoms with Crippen molar-refractivity contribution < 1.29 is 9.59 Å². The zero-order chi connectivity index (χ0) is 22.1. The minimum Gasteiger partial charge on any atom is -0.357 e. The fourth-order valence-electron chi connectivity index (χ4n) is 5.86. The summed E-state index contributed by atoms with van der Waals surface area (Å²) in [5.74, 6) is 1.08. The second-order valence-corrected chi connectivity index (χ2v) is 9.31. The van der Waals surface area contributed by atoms with E-state index in [0.717, 1.165) is 45.0 Å². The lowest BCUT2D eigenvalue weighted by atomic mass is 9.85. The third-order valence-electron chi connectivity index (χ3n) is 7.43. The molecule has 2 bridgehead atoms. The molecule has 1 aromatic carbocycles. The van der Waals surface area contributed by atoms with Gasteiger partial charge in [0.1, 0.15) is 0 Å². The van der Waals surface area contributed by atoms with Crippen LogP contribution in [-0.4, -0.2) is 66.8 Å². The van der Waals surface area contributed by atoms with Gasteiger partial charge in [0.25, 0.3) is 0 Å². The SMILES string of the molecule is CCNC(=NCCN1CCc2ccccc2C1)NCCN1C(=O)C2C3C=CC(C3)C2C1=O. The topological polar surface area (TPSA) is 77.0 Å². The molecule has 1 aromatic rings. The van der Waals surface area contributed by atoms with E-state index in [0.29, 0.717) is 19.6 Å². The van der Waals surface area contributed by atoms with Crippen LogP contribution in [0.3, 0.4) is 0 Å². The third-order valence-corrected chi connectivity index (χ3v) is 7.43. The summed E-state index contributed by atoms with van der Waals surface area (Å²) in [6.45, 7) is 7.38. The van der Waals surface area contributed by atoms with Gasteiger partial charge in [0.2, 0.25) is 11.8 Å². The van der Waals surface area contributed by atoms with Crippen molar-refractivity contribution in [2.75, 3.05) is 39.3 Å². The molecule has 4 aliphatic rings. The third kappa shape index (κ3) is 3.94. The Balaban J connectivity index is 1.10. The normalized spacial score (nSPS) is 28.9. The lowest BCUT2D eigenvalue weighted by Crippen LogP contribution is -2.44. The van der Waals surface area contributed by atoms with E-state index in [9.17, 15) is 9.59 Å².